The summed E-state index contributed by atoms with van der Waals surface area (Å²) in [6.07, 6.45) is 6.24. The van der Waals surface area contributed by atoms with Crippen LogP contribution in [0.1, 0.15) is 37.7 Å². The standard InChI is InChI=1S/C20H23N5O2.ClH/c21-20(10-3-1-4-11-20)18(26)22-16-8-6-7-15(13-16)14-25-19(27)24-12-5-2-9-17(24)23-25;/h2,5-9,12-13H,1,3-4,10-11,14,21H2,(H,22,26);1H. The Balaban J connectivity index is 0.00000225. The van der Waals surface area contributed by atoms with Gasteiger partial charge in [-0.15, -0.1) is 17.5 Å². The molecule has 28 heavy (non-hydrogen) atoms. The van der Waals surface area contributed by atoms with E-state index in [0.29, 0.717) is 17.9 Å². The minimum Gasteiger partial charge on any atom is -0.324 e. The van der Waals surface area contributed by atoms with Gasteiger partial charge in [-0.1, -0.05) is 37.5 Å². The summed E-state index contributed by atoms with van der Waals surface area (Å²) in [5, 5.41) is 7.28. The highest BCUT2D eigenvalue weighted by Gasteiger charge is 2.35. The van der Waals surface area contributed by atoms with Gasteiger partial charge in [0.25, 0.3) is 0 Å². The smallest absolute Gasteiger partial charge is 0.324 e. The topological polar surface area (TPSA) is 94.4 Å². The lowest BCUT2D eigenvalue weighted by atomic mass is 9.82. The second-order valence-electron chi connectivity index (χ2n) is 7.24. The zero-order valence-electron chi connectivity index (χ0n) is 15.5. The van der Waals surface area contributed by atoms with Crippen molar-refractivity contribution in [2.75, 3.05) is 5.32 Å². The predicted molar refractivity (Wildman–Crippen MR) is 111 cm³/mol. The number of halogens is 1. The highest BCUT2D eigenvalue weighted by atomic mass is 35.5. The first-order valence-corrected chi connectivity index (χ1v) is 9.29. The van der Waals surface area contributed by atoms with Crippen LogP contribution in [0.3, 0.4) is 0 Å². The summed E-state index contributed by atoms with van der Waals surface area (Å²) >= 11 is 0. The number of nitrogens with zero attached hydrogens (tertiary/aromatic N) is 3. The Morgan fingerprint density at radius 2 is 1.93 bits per heavy atom. The summed E-state index contributed by atoms with van der Waals surface area (Å²) in [5.74, 6) is -0.135. The number of hydrogen-bond donors (Lipinski definition) is 2. The molecule has 1 aliphatic rings. The molecule has 0 aliphatic heterocycles. The SMILES string of the molecule is Cl.NC1(C(=O)Nc2cccc(Cn3nc4ccccn4c3=O)c2)CCCCC1. The zero-order chi connectivity index (χ0) is 18.9. The van der Waals surface area contributed by atoms with Crippen molar-refractivity contribution in [2.45, 2.75) is 44.2 Å². The van der Waals surface area contributed by atoms with E-state index in [0.717, 1.165) is 37.7 Å². The first kappa shape index (κ1) is 20.1. The Morgan fingerprint density at radius 3 is 2.68 bits per heavy atom. The van der Waals surface area contributed by atoms with Gasteiger partial charge in [-0.2, -0.15) is 0 Å². The first-order valence-electron chi connectivity index (χ1n) is 9.29. The fourth-order valence-corrected chi connectivity index (χ4v) is 3.66. The highest BCUT2D eigenvalue weighted by Crippen LogP contribution is 2.27. The van der Waals surface area contributed by atoms with Crippen molar-refractivity contribution in [1.82, 2.24) is 14.2 Å². The van der Waals surface area contributed by atoms with Crippen molar-refractivity contribution in [3.8, 4) is 0 Å². The number of carbonyl (C=O) groups is 1. The molecule has 1 fully saturated rings. The van der Waals surface area contributed by atoms with Crippen molar-refractivity contribution in [3.05, 3.63) is 64.7 Å². The largest absolute Gasteiger partial charge is 0.350 e. The lowest BCUT2D eigenvalue weighted by Gasteiger charge is -2.31. The molecule has 8 heteroatoms. The molecule has 1 saturated carbocycles. The molecule has 0 saturated heterocycles. The minimum atomic E-state index is -0.785. The minimum absolute atomic E-state index is 0. The van der Waals surface area contributed by atoms with Gasteiger partial charge in [0.05, 0.1) is 12.1 Å². The van der Waals surface area contributed by atoms with E-state index in [2.05, 4.69) is 10.4 Å². The van der Waals surface area contributed by atoms with Gasteiger partial charge in [0.1, 0.15) is 0 Å². The molecule has 1 amide bonds. The number of anilines is 1. The van der Waals surface area contributed by atoms with Crippen molar-refractivity contribution in [3.63, 3.8) is 0 Å². The summed E-state index contributed by atoms with van der Waals surface area (Å²) < 4.78 is 2.93. The zero-order valence-corrected chi connectivity index (χ0v) is 16.3. The number of carbonyl (C=O) groups excluding carboxylic acids is 1. The molecule has 7 nitrogen and oxygen atoms in total. The molecular formula is C20H24ClN5O2. The maximum absolute atomic E-state index is 12.6. The third kappa shape index (κ3) is 3.95. The monoisotopic (exact) mass is 401 g/mol. The molecule has 0 unspecified atom stereocenters. The van der Waals surface area contributed by atoms with Gasteiger partial charge < -0.3 is 11.1 Å². The summed E-state index contributed by atoms with van der Waals surface area (Å²) in [4.78, 5) is 25.0. The summed E-state index contributed by atoms with van der Waals surface area (Å²) in [5.41, 5.74) is 7.50. The van der Waals surface area contributed by atoms with E-state index in [9.17, 15) is 9.59 Å². The van der Waals surface area contributed by atoms with E-state index < -0.39 is 5.54 Å². The van der Waals surface area contributed by atoms with Crippen LogP contribution in [0, 0.1) is 0 Å². The van der Waals surface area contributed by atoms with Crippen molar-refractivity contribution in [1.29, 1.82) is 0 Å². The average Bonchev–Trinajstić information content (AvgIpc) is 2.98. The van der Waals surface area contributed by atoms with Crippen molar-refractivity contribution in [2.24, 2.45) is 5.73 Å². The molecule has 1 aliphatic carbocycles. The summed E-state index contributed by atoms with van der Waals surface area (Å²) in [6, 6.07) is 12.9. The Bertz CT molecular complexity index is 1040. The lowest BCUT2D eigenvalue weighted by molar-refractivity contribution is -0.122. The van der Waals surface area contributed by atoms with E-state index >= 15 is 0 Å². The van der Waals surface area contributed by atoms with Gasteiger partial charge >= 0.3 is 5.69 Å². The van der Waals surface area contributed by atoms with Crippen LogP contribution < -0.4 is 16.7 Å². The van der Waals surface area contributed by atoms with Crippen LogP contribution >= 0.6 is 12.4 Å². The predicted octanol–water partition coefficient (Wildman–Crippen LogP) is 2.57. The summed E-state index contributed by atoms with van der Waals surface area (Å²) in [7, 11) is 0. The van der Waals surface area contributed by atoms with Crippen LogP contribution in [0.4, 0.5) is 5.69 Å². The first-order chi connectivity index (χ1) is 13.0. The van der Waals surface area contributed by atoms with Crippen LogP contribution in [-0.2, 0) is 11.3 Å². The van der Waals surface area contributed by atoms with Gasteiger partial charge in [0.15, 0.2) is 5.65 Å². The maximum Gasteiger partial charge on any atom is 0.350 e. The van der Waals surface area contributed by atoms with E-state index in [1.165, 1.54) is 9.08 Å². The Hall–Kier alpha value is -2.64. The van der Waals surface area contributed by atoms with Gasteiger partial charge in [0, 0.05) is 11.9 Å². The number of benzene rings is 1. The molecule has 2 aromatic heterocycles. The molecule has 148 valence electrons. The molecule has 0 atom stereocenters. The molecule has 2 heterocycles. The fourth-order valence-electron chi connectivity index (χ4n) is 3.66. The fraction of sp³-hybridized carbons (Fsp3) is 0.350. The highest BCUT2D eigenvalue weighted by molar-refractivity contribution is 5.98. The normalized spacial score (nSPS) is 15.8. The molecule has 3 N–H and O–H groups in total. The van der Waals surface area contributed by atoms with Crippen molar-refractivity contribution < 1.29 is 4.79 Å². The number of nitrogens with two attached hydrogens (primary N) is 1. The third-order valence-corrected chi connectivity index (χ3v) is 5.20. The molecule has 0 radical (unpaired) electrons. The molecule has 4 rings (SSSR count). The van der Waals surface area contributed by atoms with Crippen molar-refractivity contribution >= 4 is 29.6 Å². The number of fused-ring (bicyclic) bond motifs is 1. The van der Waals surface area contributed by atoms with E-state index in [4.69, 9.17) is 5.73 Å². The van der Waals surface area contributed by atoms with Crippen LogP contribution in [0.5, 0.6) is 0 Å². The third-order valence-electron chi connectivity index (χ3n) is 5.20. The number of aromatic nitrogens is 3. The average molecular weight is 402 g/mol. The molecule has 3 aromatic rings. The Labute approximate surface area is 169 Å². The Morgan fingerprint density at radius 1 is 1.14 bits per heavy atom. The van der Waals surface area contributed by atoms with Crippen LogP contribution in [0.25, 0.3) is 5.65 Å². The quantitative estimate of drug-likeness (QED) is 0.702. The summed E-state index contributed by atoms with van der Waals surface area (Å²) in [6.45, 7) is 0.331. The maximum atomic E-state index is 12.6. The van der Waals surface area contributed by atoms with E-state index in [1.54, 1.807) is 18.3 Å². The van der Waals surface area contributed by atoms with Gasteiger partial charge in [0.2, 0.25) is 5.91 Å². The number of amides is 1. The number of pyridine rings is 1. The molecular weight excluding hydrogens is 378 g/mol. The van der Waals surface area contributed by atoms with Crippen LogP contribution in [-0.4, -0.2) is 25.6 Å². The van der Waals surface area contributed by atoms with E-state index in [1.807, 2.05) is 30.3 Å². The van der Waals surface area contributed by atoms with Gasteiger partial charge in [-0.25, -0.2) is 9.48 Å². The second-order valence-corrected chi connectivity index (χ2v) is 7.24. The van der Waals surface area contributed by atoms with Crippen LogP contribution in [0.2, 0.25) is 0 Å². The molecule has 1 aromatic carbocycles. The molecule has 0 bridgehead atoms. The van der Waals surface area contributed by atoms with Crippen LogP contribution in [0.15, 0.2) is 53.5 Å². The number of rotatable bonds is 4. The van der Waals surface area contributed by atoms with E-state index in [-0.39, 0.29) is 24.0 Å². The number of nitrogens with one attached hydrogen (secondary N) is 1. The second kappa shape index (κ2) is 8.16. The Kier molecular flexibility index (Phi) is 5.86. The number of hydrogen-bond acceptors (Lipinski definition) is 4. The van der Waals surface area contributed by atoms with Gasteiger partial charge in [-0.3, -0.25) is 9.20 Å². The lowest BCUT2D eigenvalue weighted by Crippen LogP contribution is -2.52. The molecule has 0 spiro atoms. The van der Waals surface area contributed by atoms with Gasteiger partial charge in [-0.05, 0) is 42.7 Å².